The molecule has 0 radical (unpaired) electrons. The first kappa shape index (κ1) is 11.5. The third kappa shape index (κ3) is 1.78. The molecule has 3 rings (SSSR count). The van der Waals surface area contributed by atoms with Crippen molar-refractivity contribution in [2.75, 3.05) is 5.73 Å². The predicted octanol–water partition coefficient (Wildman–Crippen LogP) is 2.68. The monoisotopic (exact) mass is 251 g/mol. The van der Waals surface area contributed by atoms with Crippen molar-refractivity contribution in [3.63, 3.8) is 0 Å². The lowest BCUT2D eigenvalue weighted by Crippen LogP contribution is -2.07. The SMILES string of the molecule is Cc1cccc(N)c1C(=O)c1c[nH]c2ccncc12. The first-order valence-electron chi connectivity index (χ1n) is 5.99. The number of nitrogens with two attached hydrogens (primary N) is 1. The number of carbonyl (C=O) groups excluding carboxylic acids is 1. The molecule has 0 bridgehead atoms. The number of benzene rings is 1. The molecule has 0 atom stereocenters. The van der Waals surface area contributed by atoms with Gasteiger partial charge in [0.1, 0.15) is 0 Å². The number of hydrogen-bond acceptors (Lipinski definition) is 3. The number of anilines is 1. The quantitative estimate of drug-likeness (QED) is 0.543. The minimum atomic E-state index is -0.0742. The maximum Gasteiger partial charge on any atom is 0.197 e. The van der Waals surface area contributed by atoms with E-state index in [-0.39, 0.29) is 5.78 Å². The van der Waals surface area contributed by atoms with E-state index >= 15 is 0 Å². The number of H-pyrrole nitrogens is 1. The molecule has 19 heavy (non-hydrogen) atoms. The Morgan fingerprint density at radius 1 is 1.32 bits per heavy atom. The highest BCUT2D eigenvalue weighted by molar-refractivity contribution is 6.18. The summed E-state index contributed by atoms with van der Waals surface area (Å²) < 4.78 is 0. The van der Waals surface area contributed by atoms with Crippen molar-refractivity contribution >= 4 is 22.4 Å². The fourth-order valence-electron chi connectivity index (χ4n) is 2.29. The van der Waals surface area contributed by atoms with E-state index in [9.17, 15) is 4.79 Å². The van der Waals surface area contributed by atoms with Gasteiger partial charge in [0.15, 0.2) is 5.78 Å². The fraction of sp³-hybridized carbons (Fsp3) is 0.0667. The summed E-state index contributed by atoms with van der Waals surface area (Å²) in [6, 6.07) is 7.32. The van der Waals surface area contributed by atoms with Crippen molar-refractivity contribution < 1.29 is 4.79 Å². The molecule has 0 aliphatic heterocycles. The average molecular weight is 251 g/mol. The van der Waals surface area contributed by atoms with E-state index in [2.05, 4.69) is 9.97 Å². The molecule has 0 amide bonds. The lowest BCUT2D eigenvalue weighted by molar-refractivity contribution is 0.104. The number of nitrogens with zero attached hydrogens (tertiary/aromatic N) is 1. The minimum absolute atomic E-state index is 0.0742. The van der Waals surface area contributed by atoms with Gasteiger partial charge in [-0.1, -0.05) is 12.1 Å². The highest BCUT2D eigenvalue weighted by atomic mass is 16.1. The number of aryl methyl sites for hydroxylation is 1. The van der Waals surface area contributed by atoms with E-state index in [1.165, 1.54) is 0 Å². The zero-order valence-corrected chi connectivity index (χ0v) is 10.5. The van der Waals surface area contributed by atoms with E-state index in [1.807, 2.05) is 25.1 Å². The molecule has 0 fully saturated rings. The molecule has 2 heterocycles. The van der Waals surface area contributed by atoms with E-state index in [0.29, 0.717) is 16.8 Å². The van der Waals surface area contributed by atoms with Gasteiger partial charge in [-0.25, -0.2) is 0 Å². The molecular weight excluding hydrogens is 238 g/mol. The van der Waals surface area contributed by atoms with Crippen LogP contribution in [0.3, 0.4) is 0 Å². The molecular formula is C15H13N3O. The molecule has 2 aromatic heterocycles. The maximum absolute atomic E-state index is 12.6. The Balaban J connectivity index is 2.20. The van der Waals surface area contributed by atoms with Crippen molar-refractivity contribution in [2.45, 2.75) is 6.92 Å². The molecule has 1 aromatic carbocycles. The van der Waals surface area contributed by atoms with Crippen LogP contribution < -0.4 is 5.73 Å². The number of aromatic nitrogens is 2. The first-order chi connectivity index (χ1) is 9.18. The second-order valence-electron chi connectivity index (χ2n) is 4.49. The highest BCUT2D eigenvalue weighted by Gasteiger charge is 2.18. The Bertz CT molecular complexity index is 754. The molecule has 94 valence electrons. The van der Waals surface area contributed by atoms with Crippen LogP contribution in [0.4, 0.5) is 5.69 Å². The third-order valence-corrected chi connectivity index (χ3v) is 3.26. The number of aromatic amines is 1. The van der Waals surface area contributed by atoms with Gasteiger partial charge >= 0.3 is 0 Å². The second kappa shape index (κ2) is 4.24. The van der Waals surface area contributed by atoms with Gasteiger partial charge < -0.3 is 10.7 Å². The van der Waals surface area contributed by atoms with E-state index in [0.717, 1.165) is 16.5 Å². The lowest BCUT2D eigenvalue weighted by Gasteiger charge is -2.07. The van der Waals surface area contributed by atoms with Crippen molar-refractivity contribution in [3.8, 4) is 0 Å². The van der Waals surface area contributed by atoms with Crippen molar-refractivity contribution in [1.29, 1.82) is 0 Å². The molecule has 4 heteroatoms. The number of fused-ring (bicyclic) bond motifs is 1. The zero-order valence-electron chi connectivity index (χ0n) is 10.5. The van der Waals surface area contributed by atoms with Crippen LogP contribution in [0.2, 0.25) is 0 Å². The predicted molar refractivity (Wildman–Crippen MR) is 75.1 cm³/mol. The molecule has 0 saturated carbocycles. The Hall–Kier alpha value is -2.62. The smallest absolute Gasteiger partial charge is 0.197 e. The van der Waals surface area contributed by atoms with Crippen LogP contribution in [0.5, 0.6) is 0 Å². The van der Waals surface area contributed by atoms with Crippen LogP contribution in [0, 0.1) is 6.92 Å². The summed E-state index contributed by atoms with van der Waals surface area (Å²) >= 11 is 0. The van der Waals surface area contributed by atoms with Gasteiger partial charge in [0.05, 0.1) is 0 Å². The Kier molecular flexibility index (Phi) is 2.56. The van der Waals surface area contributed by atoms with E-state index < -0.39 is 0 Å². The standard InChI is InChI=1S/C15H13N3O/c1-9-3-2-4-12(16)14(9)15(19)11-8-18-13-5-6-17-7-10(11)13/h2-8,18H,16H2,1H3. The van der Waals surface area contributed by atoms with Gasteiger partial charge in [-0.2, -0.15) is 0 Å². The van der Waals surface area contributed by atoms with Gasteiger partial charge in [-0.15, -0.1) is 0 Å². The largest absolute Gasteiger partial charge is 0.398 e. The van der Waals surface area contributed by atoms with Crippen LogP contribution >= 0.6 is 0 Å². The van der Waals surface area contributed by atoms with Gasteiger partial charge in [0.25, 0.3) is 0 Å². The number of nitrogen functional groups attached to an aromatic ring is 1. The van der Waals surface area contributed by atoms with Gasteiger partial charge in [-0.3, -0.25) is 9.78 Å². The summed E-state index contributed by atoms with van der Waals surface area (Å²) in [4.78, 5) is 19.8. The molecule has 0 aliphatic carbocycles. The Morgan fingerprint density at radius 2 is 2.16 bits per heavy atom. The maximum atomic E-state index is 12.6. The number of rotatable bonds is 2. The number of hydrogen-bond donors (Lipinski definition) is 2. The molecule has 0 aliphatic rings. The molecule has 3 aromatic rings. The van der Waals surface area contributed by atoms with Crippen LogP contribution in [0.25, 0.3) is 10.9 Å². The van der Waals surface area contributed by atoms with Crippen LogP contribution in [0.1, 0.15) is 21.5 Å². The molecule has 0 spiro atoms. The highest BCUT2D eigenvalue weighted by Crippen LogP contribution is 2.24. The first-order valence-corrected chi connectivity index (χ1v) is 5.99. The summed E-state index contributed by atoms with van der Waals surface area (Å²) in [5.74, 6) is -0.0742. The Morgan fingerprint density at radius 3 is 2.95 bits per heavy atom. The molecule has 0 saturated heterocycles. The van der Waals surface area contributed by atoms with Crippen molar-refractivity contribution in [2.24, 2.45) is 0 Å². The topological polar surface area (TPSA) is 71.8 Å². The van der Waals surface area contributed by atoms with Crippen LogP contribution in [-0.4, -0.2) is 15.8 Å². The van der Waals surface area contributed by atoms with Gasteiger partial charge in [0.2, 0.25) is 0 Å². The number of ketones is 1. The fourth-order valence-corrected chi connectivity index (χ4v) is 2.29. The van der Waals surface area contributed by atoms with Crippen molar-refractivity contribution in [3.05, 3.63) is 59.5 Å². The summed E-state index contributed by atoms with van der Waals surface area (Å²) in [6.07, 6.45) is 5.09. The summed E-state index contributed by atoms with van der Waals surface area (Å²) in [5.41, 5.74) is 9.36. The summed E-state index contributed by atoms with van der Waals surface area (Å²) in [6.45, 7) is 1.89. The van der Waals surface area contributed by atoms with Crippen LogP contribution in [-0.2, 0) is 0 Å². The van der Waals surface area contributed by atoms with E-state index in [1.54, 1.807) is 24.7 Å². The normalized spacial score (nSPS) is 10.8. The molecule has 4 nitrogen and oxygen atoms in total. The zero-order chi connectivity index (χ0) is 13.4. The lowest BCUT2D eigenvalue weighted by atomic mass is 9.97. The Labute approximate surface area is 110 Å². The average Bonchev–Trinajstić information content (AvgIpc) is 2.82. The van der Waals surface area contributed by atoms with Crippen molar-refractivity contribution in [1.82, 2.24) is 9.97 Å². The van der Waals surface area contributed by atoms with Crippen LogP contribution in [0.15, 0.2) is 42.9 Å². The van der Waals surface area contributed by atoms with Gasteiger partial charge in [-0.05, 0) is 24.6 Å². The van der Waals surface area contributed by atoms with E-state index in [4.69, 9.17) is 5.73 Å². The molecule has 3 N–H and O–H groups in total. The molecule has 0 unspecified atom stereocenters. The summed E-state index contributed by atoms with van der Waals surface area (Å²) in [7, 11) is 0. The minimum Gasteiger partial charge on any atom is -0.398 e. The third-order valence-electron chi connectivity index (χ3n) is 3.26. The number of nitrogens with one attached hydrogen (secondary N) is 1. The summed E-state index contributed by atoms with van der Waals surface area (Å²) in [5, 5.41) is 0.815. The van der Waals surface area contributed by atoms with Gasteiger partial charge in [0, 0.05) is 46.3 Å². The number of carbonyl (C=O) groups is 1. The second-order valence-corrected chi connectivity index (χ2v) is 4.49. The number of pyridine rings is 1.